The predicted molar refractivity (Wildman–Crippen MR) is 255 cm³/mol. The van der Waals surface area contributed by atoms with Gasteiger partial charge < -0.3 is 40.0 Å². The molecular formula is C42H21Br2CrN8Na4O19S3. The second-order valence-electron chi connectivity index (χ2n) is 14.5. The molecule has 385 valence electrons. The van der Waals surface area contributed by atoms with Crippen LogP contribution in [0.25, 0.3) is 32.3 Å². The minimum Gasteiger partial charge on any atom is -0.871 e. The Hall–Kier alpha value is -3.84. The van der Waals surface area contributed by atoms with E-state index in [1.807, 2.05) is 0 Å². The Labute approximate surface area is 560 Å². The maximum Gasteiger partial charge on any atom is 3.00 e. The van der Waals surface area contributed by atoms with Crippen LogP contribution in [0, 0.1) is 20.2 Å². The largest absolute Gasteiger partial charge is 3.00 e. The van der Waals surface area contributed by atoms with E-state index >= 15 is 0 Å². The van der Waals surface area contributed by atoms with Crippen molar-refractivity contribution in [2.45, 2.75) is 14.7 Å². The van der Waals surface area contributed by atoms with Gasteiger partial charge in [0.25, 0.3) is 27.4 Å². The van der Waals surface area contributed by atoms with E-state index in [1.54, 1.807) is 0 Å². The van der Waals surface area contributed by atoms with Crippen molar-refractivity contribution in [1.29, 1.82) is 0 Å². The molecule has 0 atom stereocenters. The molecule has 0 saturated heterocycles. The molecule has 7 aromatic carbocycles. The van der Waals surface area contributed by atoms with Gasteiger partial charge in [0.1, 0.15) is 25.1 Å². The molecule has 0 unspecified atom stereocenters. The van der Waals surface area contributed by atoms with Crippen molar-refractivity contribution in [3.05, 3.63) is 133 Å². The summed E-state index contributed by atoms with van der Waals surface area (Å²) >= 11 is 5.77. The van der Waals surface area contributed by atoms with Gasteiger partial charge >= 0.3 is 136 Å². The standard InChI is InChI=1S/C23H15BrN4O11S2.C19H13BrN4O8S.Cr.4Na/c1-10(24)23(31)25-12-2-4-14-11(6-12)7-19(41(37,38)39)21(22(14)30)27-26-20-15-5-3-13(28(32)33)8-16(15)18(9-17(20)29)40(34,35)36;1-9(20)19(27)21-11-3-2-10-6-16(33(30,31)32)17(18(26)13(10)7-11)23-22-14-8-12(24(28)29)4-5-15(14)25;;;;;/h2-9,29-30H,1H2,(H,25,31)(H,34,35,36)(H,37,38,39);2-8,25-26H,1H2,(H,21,27)(H,30,31,32);;;;;/q;;+3;4*+1/p-7. The van der Waals surface area contributed by atoms with E-state index in [2.05, 4.69) is 75.8 Å². The third-order valence-corrected chi connectivity index (χ3v) is 13.0. The summed E-state index contributed by atoms with van der Waals surface area (Å²) in [5, 5.41) is 100. The first kappa shape index (κ1) is 73.2. The van der Waals surface area contributed by atoms with Crippen molar-refractivity contribution in [2.75, 3.05) is 5.32 Å². The fraction of sp³-hybridized carbons (Fsp3) is 0. The zero-order valence-electron chi connectivity index (χ0n) is 40.4. The fourth-order valence-electron chi connectivity index (χ4n) is 6.42. The van der Waals surface area contributed by atoms with Crippen LogP contribution in [0.2, 0.25) is 0 Å². The molecule has 7 aromatic rings. The van der Waals surface area contributed by atoms with Gasteiger partial charge in [0.2, 0.25) is 0 Å². The molecule has 7 rings (SSSR count). The minimum atomic E-state index is -5.39. The number of aliphatic imine (C=N–C) groups is 1. The van der Waals surface area contributed by atoms with Gasteiger partial charge in [-0.05, 0) is 86.0 Å². The second-order valence-corrected chi connectivity index (χ2v) is 20.5. The Morgan fingerprint density at radius 2 is 1.09 bits per heavy atom. The summed E-state index contributed by atoms with van der Waals surface area (Å²) < 4.78 is 104. The summed E-state index contributed by atoms with van der Waals surface area (Å²) in [7, 11) is -15.6. The van der Waals surface area contributed by atoms with Gasteiger partial charge in [-0.15, -0.1) is 10.2 Å². The number of amides is 1. The molecule has 0 fully saturated rings. The first-order valence-corrected chi connectivity index (χ1v) is 25.1. The average molecular weight is 1340 g/mol. The molecule has 2 N–H and O–H groups in total. The number of hydrogen-bond acceptors (Lipinski definition) is 23. The number of benzene rings is 7. The van der Waals surface area contributed by atoms with E-state index in [-0.39, 0.29) is 177 Å². The predicted octanol–water partition coefficient (Wildman–Crippen LogP) is -6.01. The van der Waals surface area contributed by atoms with E-state index in [0.717, 1.165) is 48.5 Å². The number of hydrogen-bond donors (Lipinski definition) is 2. The van der Waals surface area contributed by atoms with Crippen molar-refractivity contribution in [2.24, 2.45) is 25.4 Å². The molecule has 79 heavy (non-hydrogen) atoms. The van der Waals surface area contributed by atoms with Gasteiger partial charge in [-0.2, -0.15) is 18.6 Å². The van der Waals surface area contributed by atoms with Crippen LogP contribution in [0.3, 0.4) is 0 Å². The van der Waals surface area contributed by atoms with Gasteiger partial charge in [-0.3, -0.25) is 34.6 Å². The monoisotopic (exact) mass is 1340 g/mol. The molecule has 0 heterocycles. The first-order chi connectivity index (χ1) is 34.4. The number of azo groups is 2. The normalized spacial score (nSPS) is 11.5. The van der Waals surface area contributed by atoms with Gasteiger partial charge in [0.15, 0.2) is 0 Å². The zero-order chi connectivity index (χ0) is 54.9. The quantitative estimate of drug-likeness (QED) is 0.0159. The molecule has 0 bridgehead atoms. The molecular weight excluding hydrogens is 1320 g/mol. The van der Waals surface area contributed by atoms with E-state index in [0.29, 0.717) is 12.1 Å². The summed E-state index contributed by atoms with van der Waals surface area (Å²) in [5.74, 6) is -5.45. The first-order valence-electron chi connectivity index (χ1n) is 19.3. The van der Waals surface area contributed by atoms with Crippen molar-refractivity contribution in [3.8, 4) is 23.0 Å². The minimum absolute atomic E-state index is 0. The van der Waals surface area contributed by atoms with Gasteiger partial charge in [0.05, 0.1) is 52.6 Å². The fourth-order valence-corrected chi connectivity index (χ4v) is 8.59. The molecule has 0 aliphatic carbocycles. The number of carbonyl (C=O) groups is 1. The number of fused-ring (bicyclic) bond motifs is 3. The summed E-state index contributed by atoms with van der Waals surface area (Å²) in [4.78, 5) is 32.8. The topological polar surface area (TPSA) is 461 Å². The Kier molecular flexibility index (Phi) is 27.3. The summed E-state index contributed by atoms with van der Waals surface area (Å²) in [6.45, 7) is 6.78. The van der Waals surface area contributed by atoms with Crippen molar-refractivity contribution in [1.82, 2.24) is 0 Å². The Balaban J connectivity index is 0.000000758. The molecule has 0 aromatic heterocycles. The molecule has 0 aliphatic heterocycles. The number of nitro benzene ring substituents is 2. The van der Waals surface area contributed by atoms with Crippen molar-refractivity contribution < 1.29 is 215 Å². The SMILES string of the molecule is C=C(Br)C(=O)Nc1ccc2cc(S(=O)(=O)O)c(N=Nc3cc([N+](=O)[O-])ccc3[O-])c([O-])c2c1.C=C(Br)C([O-])=Nc1ccc2c([O-])c(N=Nc3c([O-])cc(S(=O)(=O)[O-])c4cc([N+](=O)[O-])ccc34)c(S(=O)(=O)[O-])cc2c1.[Cr+3].[Na+].[Na+].[Na+].[Na+]. The number of non-ortho nitro benzene ring substituents is 2. The Morgan fingerprint density at radius 3 is 1.65 bits per heavy atom. The van der Waals surface area contributed by atoms with Crippen molar-refractivity contribution in [3.63, 3.8) is 0 Å². The summed E-state index contributed by atoms with van der Waals surface area (Å²) in [6.07, 6.45) is 0. The van der Waals surface area contributed by atoms with Crippen LogP contribution >= 0.6 is 31.9 Å². The van der Waals surface area contributed by atoms with Crippen LogP contribution < -0.4 is 149 Å². The van der Waals surface area contributed by atoms with Crippen LogP contribution in [0.15, 0.2) is 153 Å². The van der Waals surface area contributed by atoms with Gasteiger partial charge in [-0.25, -0.2) is 16.8 Å². The van der Waals surface area contributed by atoms with Gasteiger partial charge in [0, 0.05) is 51.1 Å². The van der Waals surface area contributed by atoms with Crippen LogP contribution in [0.4, 0.5) is 45.5 Å². The molecule has 27 nitrogen and oxygen atoms in total. The average Bonchev–Trinajstić information content (AvgIpc) is 3.30. The summed E-state index contributed by atoms with van der Waals surface area (Å²) in [6, 6.07) is 14.7. The summed E-state index contributed by atoms with van der Waals surface area (Å²) in [5.41, 5.74) is -4.01. The number of halogens is 2. The van der Waals surface area contributed by atoms with Gasteiger partial charge in [-0.1, -0.05) is 70.3 Å². The molecule has 1 amide bonds. The smallest absolute Gasteiger partial charge is 0.871 e. The number of carbonyl (C=O) groups excluding carboxylic acids is 1. The third kappa shape index (κ3) is 17.6. The van der Waals surface area contributed by atoms with Crippen LogP contribution in [-0.2, 0) is 52.5 Å². The van der Waals surface area contributed by atoms with E-state index in [1.165, 1.54) is 30.3 Å². The maximum atomic E-state index is 13.2. The maximum absolute atomic E-state index is 13.2. The molecule has 0 saturated carbocycles. The van der Waals surface area contributed by atoms with Crippen LogP contribution in [0.5, 0.6) is 23.0 Å². The van der Waals surface area contributed by atoms with Crippen LogP contribution in [-0.4, -0.2) is 60.6 Å². The Morgan fingerprint density at radius 1 is 0.570 bits per heavy atom. The number of nitrogens with one attached hydrogen (secondary N) is 1. The number of anilines is 1. The Bertz CT molecular complexity index is 4110. The van der Waals surface area contributed by atoms with E-state index in [9.17, 15) is 89.5 Å². The van der Waals surface area contributed by atoms with Crippen LogP contribution in [0.1, 0.15) is 0 Å². The molecule has 37 heteroatoms. The number of nitro groups is 2. The second kappa shape index (κ2) is 29.4. The van der Waals surface area contributed by atoms with Crippen molar-refractivity contribution >= 4 is 152 Å². The van der Waals surface area contributed by atoms with E-state index < -0.39 is 135 Å². The van der Waals surface area contributed by atoms with E-state index in [4.69, 9.17) is 0 Å². The molecule has 0 spiro atoms. The third-order valence-electron chi connectivity index (χ3n) is 9.72. The number of rotatable bonds is 13. The molecule has 0 aliphatic rings. The number of nitrogens with zero attached hydrogens (tertiary/aromatic N) is 7. The molecule has 1 radical (unpaired) electrons. The zero-order valence-corrected chi connectivity index (χ0v) is 55.3.